The summed E-state index contributed by atoms with van der Waals surface area (Å²) >= 11 is 6.47. The first-order valence-corrected chi connectivity index (χ1v) is 5.88. The van der Waals surface area contributed by atoms with Crippen molar-refractivity contribution in [2.24, 2.45) is 0 Å². The number of hydrogen-bond donors (Lipinski definition) is 0. The lowest BCUT2D eigenvalue weighted by molar-refractivity contribution is 0.983. The first-order valence-electron chi connectivity index (χ1n) is 4.29. The Bertz CT molecular complexity index is 480. The maximum Gasteiger partial charge on any atom is 0.201 e. The fraction of sp³-hybridized carbons (Fsp3) is 0.100. The first-order chi connectivity index (χ1) is 7.15. The van der Waals surface area contributed by atoms with Gasteiger partial charge in [0.25, 0.3) is 0 Å². The summed E-state index contributed by atoms with van der Waals surface area (Å²) in [5.74, 6) is 0.660. The molecule has 1 heterocycles. The Morgan fingerprint density at radius 2 is 1.67 bits per heavy atom. The molecule has 0 atom stereocenters. The molecule has 0 spiro atoms. The van der Waals surface area contributed by atoms with E-state index >= 15 is 0 Å². The van der Waals surface area contributed by atoms with E-state index in [1.54, 1.807) is 0 Å². The van der Waals surface area contributed by atoms with E-state index in [0.29, 0.717) is 15.3 Å². The largest absolute Gasteiger partial charge is 0.202 e. The molecule has 0 amide bonds. The smallest absolute Gasteiger partial charge is 0.201 e. The summed E-state index contributed by atoms with van der Waals surface area (Å²) in [5.41, 5.74) is 2.17. The van der Waals surface area contributed by atoms with Gasteiger partial charge in [0.1, 0.15) is 0 Å². The molecule has 1 aromatic heterocycles. The zero-order chi connectivity index (χ0) is 10.8. The quantitative estimate of drug-likeness (QED) is 0.805. The number of benzene rings is 1. The van der Waals surface area contributed by atoms with Crippen LogP contribution in [-0.4, -0.2) is 15.0 Å². The van der Waals surface area contributed by atoms with Crippen LogP contribution >= 0.6 is 31.9 Å². The molecule has 0 radical (unpaired) electrons. The van der Waals surface area contributed by atoms with Crippen molar-refractivity contribution < 1.29 is 0 Å². The van der Waals surface area contributed by atoms with Crippen LogP contribution in [0, 0.1) is 6.92 Å². The van der Waals surface area contributed by atoms with E-state index in [9.17, 15) is 0 Å². The average molecular weight is 329 g/mol. The van der Waals surface area contributed by atoms with Gasteiger partial charge in [-0.05, 0) is 44.8 Å². The Morgan fingerprint density at radius 3 is 2.27 bits per heavy atom. The van der Waals surface area contributed by atoms with Crippen LogP contribution in [0.15, 0.2) is 33.7 Å². The average Bonchev–Trinajstić information content (AvgIpc) is 2.16. The summed E-state index contributed by atoms with van der Waals surface area (Å²) < 4.78 is 1.06. The van der Waals surface area contributed by atoms with Gasteiger partial charge in [-0.3, -0.25) is 0 Å². The van der Waals surface area contributed by atoms with E-state index in [-0.39, 0.29) is 0 Å². The van der Waals surface area contributed by atoms with Crippen molar-refractivity contribution in [1.82, 2.24) is 15.0 Å². The second-order valence-corrected chi connectivity index (χ2v) is 4.49. The van der Waals surface area contributed by atoms with Gasteiger partial charge in [-0.15, -0.1) is 0 Å². The van der Waals surface area contributed by atoms with E-state index in [2.05, 4.69) is 46.8 Å². The molecule has 2 rings (SSSR count). The van der Waals surface area contributed by atoms with Crippen LogP contribution in [0.4, 0.5) is 0 Å². The SMILES string of the molecule is Cc1cccc(-c2nc(Br)nc(Br)n2)c1. The van der Waals surface area contributed by atoms with Crippen LogP contribution in [-0.2, 0) is 0 Å². The molecular weight excluding hydrogens is 322 g/mol. The minimum absolute atomic E-state index is 0.529. The lowest BCUT2D eigenvalue weighted by atomic mass is 10.1. The van der Waals surface area contributed by atoms with Crippen molar-refractivity contribution in [1.29, 1.82) is 0 Å². The van der Waals surface area contributed by atoms with E-state index in [4.69, 9.17) is 0 Å². The number of hydrogen-bond acceptors (Lipinski definition) is 3. The third-order valence-electron chi connectivity index (χ3n) is 1.86. The third-order valence-corrected chi connectivity index (χ3v) is 2.57. The molecule has 76 valence electrons. The number of rotatable bonds is 1. The van der Waals surface area contributed by atoms with Crippen molar-refractivity contribution >= 4 is 31.9 Å². The zero-order valence-corrected chi connectivity index (χ0v) is 11.1. The van der Waals surface area contributed by atoms with Crippen LogP contribution in [0.5, 0.6) is 0 Å². The van der Waals surface area contributed by atoms with Crippen molar-refractivity contribution in [3.05, 3.63) is 39.3 Å². The molecule has 0 bridgehead atoms. The Hall–Kier alpha value is -0.810. The minimum atomic E-state index is 0.529. The van der Waals surface area contributed by atoms with Crippen LogP contribution in [0.1, 0.15) is 5.56 Å². The molecule has 0 aliphatic rings. The number of aromatic nitrogens is 3. The van der Waals surface area contributed by atoms with Gasteiger partial charge < -0.3 is 0 Å². The van der Waals surface area contributed by atoms with Gasteiger partial charge >= 0.3 is 0 Å². The second-order valence-electron chi connectivity index (χ2n) is 3.07. The van der Waals surface area contributed by atoms with Crippen LogP contribution in [0.3, 0.4) is 0 Å². The second kappa shape index (κ2) is 4.37. The normalized spacial score (nSPS) is 10.3. The fourth-order valence-corrected chi connectivity index (χ4v) is 2.15. The topological polar surface area (TPSA) is 38.7 Å². The number of aryl methyl sites for hydroxylation is 1. The van der Waals surface area contributed by atoms with E-state index in [0.717, 1.165) is 5.56 Å². The monoisotopic (exact) mass is 327 g/mol. The molecular formula is C10H7Br2N3. The molecule has 3 nitrogen and oxygen atoms in total. The zero-order valence-electron chi connectivity index (χ0n) is 7.91. The summed E-state index contributed by atoms with van der Waals surface area (Å²) in [5, 5.41) is 0. The highest BCUT2D eigenvalue weighted by molar-refractivity contribution is 9.11. The van der Waals surface area contributed by atoms with Crippen LogP contribution < -0.4 is 0 Å². The highest BCUT2D eigenvalue weighted by atomic mass is 79.9. The Kier molecular flexibility index (Phi) is 3.11. The first kappa shape index (κ1) is 10.7. The number of halogens is 2. The summed E-state index contributed by atoms with van der Waals surface area (Å²) in [6.45, 7) is 2.04. The highest BCUT2D eigenvalue weighted by Gasteiger charge is 2.04. The van der Waals surface area contributed by atoms with Gasteiger partial charge in [0.2, 0.25) is 9.47 Å². The summed E-state index contributed by atoms with van der Waals surface area (Å²) in [7, 11) is 0. The predicted molar refractivity (Wildman–Crippen MR) is 65.4 cm³/mol. The maximum absolute atomic E-state index is 4.21. The van der Waals surface area contributed by atoms with Gasteiger partial charge in [-0.2, -0.15) is 4.98 Å². The molecule has 0 aliphatic carbocycles. The van der Waals surface area contributed by atoms with Gasteiger partial charge in [-0.1, -0.05) is 23.8 Å². The minimum Gasteiger partial charge on any atom is -0.202 e. The molecule has 5 heteroatoms. The van der Waals surface area contributed by atoms with Crippen molar-refractivity contribution in [2.45, 2.75) is 6.92 Å². The molecule has 0 saturated heterocycles. The summed E-state index contributed by atoms with van der Waals surface area (Å²) in [4.78, 5) is 12.4. The molecule has 0 fully saturated rings. The van der Waals surface area contributed by atoms with E-state index < -0.39 is 0 Å². The number of nitrogens with zero attached hydrogens (tertiary/aromatic N) is 3. The highest BCUT2D eigenvalue weighted by Crippen LogP contribution is 2.19. The molecule has 0 saturated carbocycles. The standard InChI is InChI=1S/C10H7Br2N3/c1-6-3-2-4-7(5-6)8-13-9(11)15-10(12)14-8/h2-5H,1H3. The molecule has 0 unspecified atom stereocenters. The lowest BCUT2D eigenvalue weighted by Crippen LogP contribution is -1.94. The van der Waals surface area contributed by atoms with Gasteiger partial charge in [0.05, 0.1) is 0 Å². The van der Waals surface area contributed by atoms with Gasteiger partial charge in [-0.25, -0.2) is 9.97 Å². The predicted octanol–water partition coefficient (Wildman–Crippen LogP) is 3.37. The van der Waals surface area contributed by atoms with E-state index in [1.165, 1.54) is 5.56 Å². The fourth-order valence-electron chi connectivity index (χ4n) is 1.24. The van der Waals surface area contributed by atoms with Gasteiger partial charge in [0.15, 0.2) is 5.82 Å². The molecule has 0 aliphatic heterocycles. The summed E-state index contributed by atoms with van der Waals surface area (Å²) in [6.07, 6.45) is 0. The van der Waals surface area contributed by atoms with Crippen LogP contribution in [0.2, 0.25) is 0 Å². The third kappa shape index (κ3) is 2.60. The lowest BCUT2D eigenvalue weighted by Gasteiger charge is -2.01. The van der Waals surface area contributed by atoms with Crippen molar-refractivity contribution in [3.8, 4) is 11.4 Å². The van der Waals surface area contributed by atoms with Crippen LogP contribution in [0.25, 0.3) is 11.4 Å². The van der Waals surface area contributed by atoms with Crippen molar-refractivity contribution in [3.63, 3.8) is 0 Å². The molecule has 1 aromatic carbocycles. The van der Waals surface area contributed by atoms with E-state index in [1.807, 2.05) is 31.2 Å². The molecule has 2 aromatic rings. The Labute approximate surface area is 104 Å². The Balaban J connectivity index is 2.54. The molecule has 15 heavy (non-hydrogen) atoms. The molecule has 0 N–H and O–H groups in total. The Morgan fingerprint density at radius 1 is 1.00 bits per heavy atom. The maximum atomic E-state index is 4.21. The summed E-state index contributed by atoms with van der Waals surface area (Å²) in [6, 6.07) is 8.03. The van der Waals surface area contributed by atoms with Crippen molar-refractivity contribution in [2.75, 3.05) is 0 Å². The van der Waals surface area contributed by atoms with Gasteiger partial charge in [0, 0.05) is 5.56 Å².